The van der Waals surface area contributed by atoms with E-state index < -0.39 is 10.2 Å². The minimum absolute atomic E-state index is 0.0778. The van der Waals surface area contributed by atoms with Crippen LogP contribution in [0.25, 0.3) is 0 Å². The quantitative estimate of drug-likeness (QED) is 0.748. The van der Waals surface area contributed by atoms with E-state index >= 15 is 0 Å². The monoisotopic (exact) mass is 248 g/mol. The van der Waals surface area contributed by atoms with Gasteiger partial charge >= 0.3 is 0 Å². The number of aliphatic hydroxyl groups is 1. The molecule has 0 aromatic heterocycles. The molecule has 1 saturated carbocycles. The minimum atomic E-state index is -3.38. The summed E-state index contributed by atoms with van der Waals surface area (Å²) in [5.41, 5.74) is 0. The second-order valence-corrected chi connectivity index (χ2v) is 6.35. The van der Waals surface area contributed by atoms with Crippen molar-refractivity contribution in [2.45, 2.75) is 50.6 Å². The maximum atomic E-state index is 12.1. The van der Waals surface area contributed by atoms with Crippen molar-refractivity contribution in [2.24, 2.45) is 0 Å². The largest absolute Gasteiger partial charge is 0.395 e. The van der Waals surface area contributed by atoms with E-state index in [1.54, 1.807) is 0 Å². The molecular weight excluding hydrogens is 228 g/mol. The van der Waals surface area contributed by atoms with E-state index in [0.29, 0.717) is 6.54 Å². The number of rotatable bonds is 4. The Morgan fingerprint density at radius 1 is 1.19 bits per heavy atom. The maximum Gasteiger partial charge on any atom is 0.280 e. The second-order valence-electron chi connectivity index (χ2n) is 4.69. The molecule has 1 aliphatic carbocycles. The molecule has 0 aromatic rings. The highest BCUT2D eigenvalue weighted by Gasteiger charge is 2.34. The molecular formula is C10H20N2O3S. The molecule has 2 aliphatic rings. The highest BCUT2D eigenvalue weighted by molar-refractivity contribution is 7.87. The molecule has 6 heteroatoms. The van der Waals surface area contributed by atoms with Gasteiger partial charge in [0.1, 0.15) is 0 Å². The SMILES string of the molecule is O=S(=O)(NC1CCC1)N1CCCCC1CO. The first-order valence-electron chi connectivity index (χ1n) is 6.03. The van der Waals surface area contributed by atoms with Gasteiger partial charge in [0.05, 0.1) is 6.61 Å². The van der Waals surface area contributed by atoms with Gasteiger partial charge in [-0.2, -0.15) is 17.4 Å². The van der Waals surface area contributed by atoms with E-state index in [1.165, 1.54) is 4.31 Å². The topological polar surface area (TPSA) is 69.6 Å². The first kappa shape index (κ1) is 12.3. The normalized spacial score (nSPS) is 28.9. The summed E-state index contributed by atoms with van der Waals surface area (Å²) in [6, 6.07) is -0.113. The fourth-order valence-electron chi connectivity index (χ4n) is 2.28. The van der Waals surface area contributed by atoms with Gasteiger partial charge < -0.3 is 5.11 Å². The summed E-state index contributed by atoms with van der Waals surface area (Å²) in [5, 5.41) is 9.20. The van der Waals surface area contributed by atoms with Crippen molar-refractivity contribution in [3.05, 3.63) is 0 Å². The Morgan fingerprint density at radius 3 is 2.50 bits per heavy atom. The maximum absolute atomic E-state index is 12.1. The summed E-state index contributed by atoms with van der Waals surface area (Å²) < 4.78 is 28.3. The van der Waals surface area contributed by atoms with Gasteiger partial charge in [0, 0.05) is 18.6 Å². The first-order chi connectivity index (χ1) is 7.63. The van der Waals surface area contributed by atoms with Crippen molar-refractivity contribution in [1.29, 1.82) is 0 Å². The fraction of sp³-hybridized carbons (Fsp3) is 1.00. The lowest BCUT2D eigenvalue weighted by molar-refractivity contribution is 0.152. The third-order valence-corrected chi connectivity index (χ3v) is 5.24. The molecule has 0 spiro atoms. The Hall–Kier alpha value is -0.170. The van der Waals surface area contributed by atoms with Crippen LogP contribution in [0.15, 0.2) is 0 Å². The summed E-state index contributed by atoms with van der Waals surface area (Å²) >= 11 is 0. The second kappa shape index (κ2) is 5.00. The number of aliphatic hydroxyl groups excluding tert-OH is 1. The Bertz CT molecular complexity index is 327. The third-order valence-electron chi connectivity index (χ3n) is 3.51. The van der Waals surface area contributed by atoms with Crippen LogP contribution in [0.4, 0.5) is 0 Å². The van der Waals surface area contributed by atoms with Crippen LogP contribution in [0.1, 0.15) is 38.5 Å². The third kappa shape index (κ3) is 2.56. The van der Waals surface area contributed by atoms with E-state index in [4.69, 9.17) is 0 Å². The van der Waals surface area contributed by atoms with Gasteiger partial charge in [0.2, 0.25) is 0 Å². The predicted octanol–water partition coefficient (Wildman–Crippen LogP) is 0.220. The zero-order valence-corrected chi connectivity index (χ0v) is 10.2. The number of nitrogens with one attached hydrogen (secondary N) is 1. The van der Waals surface area contributed by atoms with Crippen molar-refractivity contribution in [3.63, 3.8) is 0 Å². The van der Waals surface area contributed by atoms with Crippen molar-refractivity contribution in [3.8, 4) is 0 Å². The van der Waals surface area contributed by atoms with Crippen molar-refractivity contribution >= 4 is 10.2 Å². The summed E-state index contributed by atoms with van der Waals surface area (Å²) in [4.78, 5) is 0. The van der Waals surface area contributed by atoms with Crippen LogP contribution in [0.2, 0.25) is 0 Å². The van der Waals surface area contributed by atoms with Gasteiger partial charge in [-0.3, -0.25) is 0 Å². The van der Waals surface area contributed by atoms with Crippen molar-refractivity contribution in [1.82, 2.24) is 9.03 Å². The van der Waals surface area contributed by atoms with Gasteiger partial charge in [0.15, 0.2) is 0 Å². The van der Waals surface area contributed by atoms with Gasteiger partial charge in [-0.15, -0.1) is 0 Å². The molecule has 94 valence electrons. The molecule has 1 saturated heterocycles. The zero-order chi connectivity index (χ0) is 11.6. The highest BCUT2D eigenvalue weighted by Crippen LogP contribution is 2.23. The van der Waals surface area contributed by atoms with Crippen molar-refractivity contribution in [2.75, 3.05) is 13.2 Å². The Labute approximate surface area is 97.0 Å². The molecule has 1 aliphatic heterocycles. The van der Waals surface area contributed by atoms with Crippen LogP contribution in [-0.4, -0.2) is 43.1 Å². The molecule has 1 heterocycles. The lowest BCUT2D eigenvalue weighted by Crippen LogP contribution is -2.53. The molecule has 16 heavy (non-hydrogen) atoms. The fourth-order valence-corrected chi connectivity index (χ4v) is 4.00. The lowest BCUT2D eigenvalue weighted by Gasteiger charge is -2.36. The molecule has 0 amide bonds. The van der Waals surface area contributed by atoms with E-state index in [0.717, 1.165) is 38.5 Å². The molecule has 0 radical (unpaired) electrons. The van der Waals surface area contributed by atoms with Gasteiger partial charge in [-0.25, -0.2) is 0 Å². The van der Waals surface area contributed by atoms with Crippen LogP contribution >= 0.6 is 0 Å². The first-order valence-corrected chi connectivity index (χ1v) is 7.47. The van der Waals surface area contributed by atoms with E-state index in [9.17, 15) is 13.5 Å². The van der Waals surface area contributed by atoms with E-state index in [-0.39, 0.29) is 18.7 Å². The summed E-state index contributed by atoms with van der Waals surface area (Å²) in [5.74, 6) is 0. The minimum Gasteiger partial charge on any atom is -0.395 e. The van der Waals surface area contributed by atoms with Gasteiger partial charge in [-0.05, 0) is 25.7 Å². The molecule has 2 rings (SSSR count). The molecule has 1 unspecified atom stereocenters. The summed E-state index contributed by atoms with van der Waals surface area (Å²) in [6.07, 6.45) is 5.65. The number of piperidine rings is 1. The number of hydrogen-bond acceptors (Lipinski definition) is 3. The lowest BCUT2D eigenvalue weighted by atomic mass is 9.94. The van der Waals surface area contributed by atoms with Crippen LogP contribution in [0.5, 0.6) is 0 Å². The summed E-state index contributed by atoms with van der Waals surface area (Å²) in [7, 11) is -3.38. The van der Waals surface area contributed by atoms with E-state index in [1.807, 2.05) is 0 Å². The highest BCUT2D eigenvalue weighted by atomic mass is 32.2. The summed E-state index contributed by atoms with van der Waals surface area (Å²) in [6.45, 7) is 0.457. The van der Waals surface area contributed by atoms with Crippen LogP contribution in [-0.2, 0) is 10.2 Å². The Kier molecular flexibility index (Phi) is 3.84. The molecule has 2 fully saturated rings. The molecule has 0 bridgehead atoms. The Balaban J connectivity index is 2.01. The van der Waals surface area contributed by atoms with Crippen LogP contribution < -0.4 is 4.72 Å². The molecule has 2 N–H and O–H groups in total. The average molecular weight is 248 g/mol. The molecule has 5 nitrogen and oxygen atoms in total. The molecule has 0 aromatic carbocycles. The standard InChI is InChI=1S/C10H20N2O3S/c13-8-10-6-1-2-7-12(10)16(14,15)11-9-4-3-5-9/h9-11,13H,1-8H2. The van der Waals surface area contributed by atoms with Crippen LogP contribution in [0.3, 0.4) is 0 Å². The smallest absolute Gasteiger partial charge is 0.280 e. The number of hydrogen-bond donors (Lipinski definition) is 2. The van der Waals surface area contributed by atoms with Gasteiger partial charge in [-0.1, -0.05) is 12.8 Å². The number of nitrogens with zero attached hydrogens (tertiary/aromatic N) is 1. The van der Waals surface area contributed by atoms with E-state index in [2.05, 4.69) is 4.72 Å². The van der Waals surface area contributed by atoms with Crippen LogP contribution in [0, 0.1) is 0 Å². The average Bonchev–Trinajstić information content (AvgIpc) is 2.24. The molecule has 1 atom stereocenters. The predicted molar refractivity (Wildman–Crippen MR) is 61.1 cm³/mol. The van der Waals surface area contributed by atoms with Gasteiger partial charge in [0.25, 0.3) is 10.2 Å². The van der Waals surface area contributed by atoms with Crippen molar-refractivity contribution < 1.29 is 13.5 Å². The Morgan fingerprint density at radius 2 is 1.94 bits per heavy atom. The zero-order valence-electron chi connectivity index (χ0n) is 9.43.